The van der Waals surface area contributed by atoms with Crippen molar-refractivity contribution in [2.24, 2.45) is 0 Å². The lowest BCUT2D eigenvalue weighted by Gasteiger charge is -2.33. The number of rotatable bonds is 4. The molecule has 0 unspecified atom stereocenters. The van der Waals surface area contributed by atoms with Gasteiger partial charge in [-0.15, -0.1) is 0 Å². The van der Waals surface area contributed by atoms with E-state index in [1.54, 1.807) is 37.3 Å². The monoisotopic (exact) mass is 422 g/mol. The van der Waals surface area contributed by atoms with Gasteiger partial charge < -0.3 is 0 Å². The Bertz CT molecular complexity index is 1100. The van der Waals surface area contributed by atoms with E-state index in [4.69, 9.17) is 0 Å². The van der Waals surface area contributed by atoms with E-state index in [1.165, 1.54) is 8.61 Å². The third kappa shape index (κ3) is 3.87. The van der Waals surface area contributed by atoms with Gasteiger partial charge in [-0.3, -0.25) is 0 Å². The summed E-state index contributed by atoms with van der Waals surface area (Å²) in [4.78, 5) is 0.532. The van der Waals surface area contributed by atoms with Gasteiger partial charge in [0.25, 0.3) is 0 Å². The molecule has 0 aromatic heterocycles. The second-order valence-electron chi connectivity index (χ2n) is 7.32. The van der Waals surface area contributed by atoms with Crippen LogP contribution in [0.3, 0.4) is 0 Å². The fraction of sp³-hybridized carbons (Fsp3) is 0.400. The number of benzene rings is 2. The highest BCUT2D eigenvalue weighted by Gasteiger charge is 2.34. The Hall–Kier alpha value is -1.74. The molecule has 28 heavy (non-hydrogen) atoms. The maximum Gasteiger partial charge on any atom is 0.243 e. The first-order valence-corrected chi connectivity index (χ1v) is 12.1. The second kappa shape index (κ2) is 7.59. The van der Waals surface area contributed by atoms with Gasteiger partial charge in [-0.2, -0.15) is 8.61 Å². The van der Waals surface area contributed by atoms with Crippen LogP contribution in [0, 0.1) is 27.7 Å². The largest absolute Gasteiger partial charge is 0.243 e. The molecule has 0 saturated carbocycles. The maximum absolute atomic E-state index is 13.0. The highest BCUT2D eigenvalue weighted by molar-refractivity contribution is 7.89. The third-order valence-corrected chi connectivity index (χ3v) is 9.22. The fourth-order valence-electron chi connectivity index (χ4n) is 3.40. The fourth-order valence-corrected chi connectivity index (χ4v) is 6.54. The van der Waals surface area contributed by atoms with Crippen LogP contribution in [-0.2, 0) is 20.0 Å². The zero-order chi connectivity index (χ0) is 20.7. The summed E-state index contributed by atoms with van der Waals surface area (Å²) in [5.41, 5.74) is 3.64. The van der Waals surface area contributed by atoms with Gasteiger partial charge in [-0.05, 0) is 62.6 Å². The number of hydrogen-bond donors (Lipinski definition) is 0. The lowest BCUT2D eigenvalue weighted by Crippen LogP contribution is -2.50. The summed E-state index contributed by atoms with van der Waals surface area (Å²) < 4.78 is 54.6. The summed E-state index contributed by atoms with van der Waals surface area (Å²) >= 11 is 0. The van der Waals surface area contributed by atoms with Gasteiger partial charge in [0.1, 0.15) is 0 Å². The van der Waals surface area contributed by atoms with E-state index in [0.29, 0.717) is 5.56 Å². The van der Waals surface area contributed by atoms with Crippen molar-refractivity contribution in [1.29, 1.82) is 0 Å². The van der Waals surface area contributed by atoms with Gasteiger partial charge in [-0.1, -0.05) is 23.8 Å². The third-order valence-electron chi connectivity index (χ3n) is 5.26. The molecule has 0 bridgehead atoms. The first kappa shape index (κ1) is 21.0. The van der Waals surface area contributed by atoms with Gasteiger partial charge in [0.05, 0.1) is 9.79 Å². The highest BCUT2D eigenvalue weighted by atomic mass is 32.2. The zero-order valence-corrected chi connectivity index (χ0v) is 18.3. The van der Waals surface area contributed by atoms with Crippen molar-refractivity contribution in [3.05, 3.63) is 58.7 Å². The first-order chi connectivity index (χ1) is 13.0. The Morgan fingerprint density at radius 1 is 0.643 bits per heavy atom. The van der Waals surface area contributed by atoms with Crippen molar-refractivity contribution in [1.82, 2.24) is 8.61 Å². The van der Waals surface area contributed by atoms with E-state index in [1.807, 2.05) is 26.8 Å². The van der Waals surface area contributed by atoms with Crippen LogP contribution in [0.5, 0.6) is 0 Å². The Morgan fingerprint density at radius 3 is 1.75 bits per heavy atom. The maximum atomic E-state index is 13.0. The summed E-state index contributed by atoms with van der Waals surface area (Å²) in [6, 6.07) is 10.3. The number of piperazine rings is 1. The molecule has 1 fully saturated rings. The van der Waals surface area contributed by atoms with Crippen LogP contribution < -0.4 is 0 Å². The molecule has 1 saturated heterocycles. The molecule has 8 heteroatoms. The predicted molar refractivity (Wildman–Crippen MR) is 109 cm³/mol. The Labute approximate surface area is 167 Å². The molecule has 2 aromatic carbocycles. The standard InChI is InChI=1S/C20H26N2O4S2/c1-15-5-8-20(18(4)13-15)28(25,26)22-11-9-21(10-12-22)27(23,24)19-7-6-16(2)17(3)14-19/h5-8,13-14H,9-12H2,1-4H3. The number of aryl methyl sites for hydroxylation is 4. The van der Waals surface area contributed by atoms with Gasteiger partial charge in [-0.25, -0.2) is 16.8 Å². The van der Waals surface area contributed by atoms with E-state index in [0.717, 1.165) is 16.7 Å². The van der Waals surface area contributed by atoms with Crippen LogP contribution in [0.25, 0.3) is 0 Å². The van der Waals surface area contributed by atoms with Gasteiger partial charge in [0.15, 0.2) is 0 Å². The Balaban J connectivity index is 1.79. The summed E-state index contributed by atoms with van der Waals surface area (Å²) in [7, 11) is -7.28. The normalized spacial score (nSPS) is 17.0. The SMILES string of the molecule is Cc1ccc(S(=O)(=O)N2CCN(S(=O)(=O)c3ccc(C)c(C)c3)CC2)c(C)c1. The molecular formula is C20H26N2O4S2. The molecule has 1 aliphatic heterocycles. The summed E-state index contributed by atoms with van der Waals surface area (Å²) in [6.45, 7) is 8.06. The summed E-state index contributed by atoms with van der Waals surface area (Å²) in [5.74, 6) is 0. The summed E-state index contributed by atoms with van der Waals surface area (Å²) in [5, 5.41) is 0. The molecule has 6 nitrogen and oxygen atoms in total. The highest BCUT2D eigenvalue weighted by Crippen LogP contribution is 2.25. The predicted octanol–water partition coefficient (Wildman–Crippen LogP) is 2.62. The molecular weight excluding hydrogens is 396 g/mol. The van der Waals surface area contributed by atoms with Crippen molar-refractivity contribution in [3.8, 4) is 0 Å². The van der Waals surface area contributed by atoms with Crippen molar-refractivity contribution >= 4 is 20.0 Å². The number of nitrogens with zero attached hydrogens (tertiary/aromatic N) is 2. The van der Waals surface area contributed by atoms with Gasteiger partial charge in [0.2, 0.25) is 20.0 Å². The molecule has 152 valence electrons. The molecule has 3 rings (SSSR count). The topological polar surface area (TPSA) is 74.8 Å². The van der Waals surface area contributed by atoms with Crippen molar-refractivity contribution in [2.75, 3.05) is 26.2 Å². The molecule has 0 atom stereocenters. The van der Waals surface area contributed by atoms with Crippen LogP contribution in [0.1, 0.15) is 22.3 Å². The van der Waals surface area contributed by atoms with E-state index in [-0.39, 0.29) is 36.0 Å². The van der Waals surface area contributed by atoms with Crippen LogP contribution >= 0.6 is 0 Å². The molecule has 1 heterocycles. The first-order valence-electron chi connectivity index (χ1n) is 9.18. The zero-order valence-electron chi connectivity index (χ0n) is 16.6. The molecule has 2 aromatic rings. The minimum Gasteiger partial charge on any atom is -0.207 e. The lowest BCUT2D eigenvalue weighted by atomic mass is 10.1. The Kier molecular flexibility index (Phi) is 5.69. The second-order valence-corrected chi connectivity index (χ2v) is 11.2. The number of sulfonamides is 2. The average molecular weight is 423 g/mol. The van der Waals surface area contributed by atoms with Crippen LogP contribution in [-0.4, -0.2) is 51.6 Å². The van der Waals surface area contributed by atoms with Crippen molar-refractivity contribution < 1.29 is 16.8 Å². The average Bonchev–Trinajstić information content (AvgIpc) is 2.63. The van der Waals surface area contributed by atoms with Gasteiger partial charge >= 0.3 is 0 Å². The van der Waals surface area contributed by atoms with E-state index in [2.05, 4.69) is 0 Å². The van der Waals surface area contributed by atoms with Crippen LogP contribution in [0.15, 0.2) is 46.2 Å². The molecule has 0 amide bonds. The van der Waals surface area contributed by atoms with E-state index in [9.17, 15) is 16.8 Å². The molecule has 0 radical (unpaired) electrons. The van der Waals surface area contributed by atoms with Gasteiger partial charge in [0, 0.05) is 26.2 Å². The molecule has 1 aliphatic rings. The molecule has 0 spiro atoms. The summed E-state index contributed by atoms with van der Waals surface area (Å²) in [6.07, 6.45) is 0. The minimum atomic E-state index is -3.64. The van der Waals surface area contributed by atoms with Crippen molar-refractivity contribution in [3.63, 3.8) is 0 Å². The van der Waals surface area contributed by atoms with E-state index >= 15 is 0 Å². The van der Waals surface area contributed by atoms with Crippen molar-refractivity contribution in [2.45, 2.75) is 37.5 Å². The molecule has 0 N–H and O–H groups in total. The Morgan fingerprint density at radius 2 is 1.21 bits per heavy atom. The number of hydrogen-bond acceptors (Lipinski definition) is 4. The smallest absolute Gasteiger partial charge is 0.207 e. The molecule has 0 aliphatic carbocycles. The van der Waals surface area contributed by atoms with Crippen LogP contribution in [0.2, 0.25) is 0 Å². The minimum absolute atomic E-state index is 0.138. The lowest BCUT2D eigenvalue weighted by molar-refractivity contribution is 0.272. The van der Waals surface area contributed by atoms with E-state index < -0.39 is 20.0 Å². The quantitative estimate of drug-likeness (QED) is 0.759. The van der Waals surface area contributed by atoms with Crippen LogP contribution in [0.4, 0.5) is 0 Å².